The molecule has 0 spiro atoms. The highest BCUT2D eigenvalue weighted by molar-refractivity contribution is 6.15. The van der Waals surface area contributed by atoms with E-state index in [0.717, 1.165) is 16.0 Å². The van der Waals surface area contributed by atoms with Crippen LogP contribution in [0.25, 0.3) is 6.08 Å². The third kappa shape index (κ3) is 5.92. The van der Waals surface area contributed by atoms with Gasteiger partial charge in [-0.1, -0.05) is 24.3 Å². The summed E-state index contributed by atoms with van der Waals surface area (Å²) in [6.45, 7) is 1.71. The Labute approximate surface area is 206 Å². The van der Waals surface area contributed by atoms with Gasteiger partial charge in [0.05, 0.1) is 4.92 Å². The molecule has 3 aromatic rings. The Morgan fingerprint density at radius 1 is 1.08 bits per heavy atom. The van der Waals surface area contributed by atoms with Gasteiger partial charge in [-0.3, -0.25) is 19.7 Å². The number of urea groups is 1. The number of non-ortho nitro benzene ring substituents is 1. The van der Waals surface area contributed by atoms with Gasteiger partial charge < -0.3 is 15.4 Å². The minimum Gasteiger partial charge on any atom is -0.489 e. The molecule has 10 heteroatoms. The van der Waals surface area contributed by atoms with E-state index in [1.165, 1.54) is 18.2 Å². The highest BCUT2D eigenvalue weighted by Gasteiger charge is 2.34. The first kappa shape index (κ1) is 24.1. The normalized spacial score (nSPS) is 14.0. The van der Waals surface area contributed by atoms with Gasteiger partial charge in [-0.2, -0.15) is 0 Å². The van der Waals surface area contributed by atoms with E-state index in [1.807, 2.05) is 13.0 Å². The minimum absolute atomic E-state index is 0.00941. The van der Waals surface area contributed by atoms with Crippen LogP contribution in [-0.2, 0) is 16.2 Å². The standard InChI is InChI=1S/C26H22N4O6/c1-17-3-2-4-20(13-17)27-24(31)15-29-25(32)23(28-26(29)33)14-18-7-11-22(12-8-18)36-16-19-5-9-21(10-6-19)30(34)35/h2-14H,15-16H2,1H3,(H,27,31)(H,28,33)/b23-14+. The maximum Gasteiger partial charge on any atom is 0.329 e. The Morgan fingerprint density at radius 3 is 2.47 bits per heavy atom. The highest BCUT2D eigenvalue weighted by atomic mass is 16.6. The largest absolute Gasteiger partial charge is 0.489 e. The number of nitro benzene ring substituents is 1. The Balaban J connectivity index is 1.34. The van der Waals surface area contributed by atoms with Crippen LogP contribution in [0.5, 0.6) is 5.75 Å². The van der Waals surface area contributed by atoms with Gasteiger partial charge in [-0.25, -0.2) is 9.69 Å². The zero-order valence-electron chi connectivity index (χ0n) is 19.3. The van der Waals surface area contributed by atoms with E-state index in [0.29, 0.717) is 17.0 Å². The van der Waals surface area contributed by atoms with Crippen molar-refractivity contribution in [2.45, 2.75) is 13.5 Å². The van der Waals surface area contributed by atoms with Crippen LogP contribution < -0.4 is 15.4 Å². The number of hydrogen-bond acceptors (Lipinski definition) is 6. The fraction of sp³-hybridized carbons (Fsp3) is 0.115. The Kier molecular flexibility index (Phi) is 7.05. The molecule has 0 aliphatic carbocycles. The second-order valence-corrected chi connectivity index (χ2v) is 8.08. The molecule has 182 valence electrons. The molecule has 1 fully saturated rings. The number of amides is 4. The van der Waals surface area contributed by atoms with Crippen LogP contribution in [0, 0.1) is 17.0 Å². The first-order valence-corrected chi connectivity index (χ1v) is 11.0. The van der Waals surface area contributed by atoms with Crippen LogP contribution >= 0.6 is 0 Å². The summed E-state index contributed by atoms with van der Waals surface area (Å²) < 4.78 is 5.69. The predicted octanol–water partition coefficient (Wildman–Crippen LogP) is 4.01. The quantitative estimate of drug-likeness (QED) is 0.214. The monoisotopic (exact) mass is 486 g/mol. The zero-order valence-corrected chi connectivity index (χ0v) is 19.3. The van der Waals surface area contributed by atoms with Crippen molar-refractivity contribution in [3.8, 4) is 5.75 Å². The van der Waals surface area contributed by atoms with Crippen molar-refractivity contribution in [2.24, 2.45) is 0 Å². The molecule has 0 radical (unpaired) electrons. The molecule has 2 N–H and O–H groups in total. The molecule has 0 unspecified atom stereocenters. The summed E-state index contributed by atoms with van der Waals surface area (Å²) in [5.74, 6) is -0.524. The van der Waals surface area contributed by atoms with Crippen LogP contribution in [0.3, 0.4) is 0 Å². The molecule has 1 aliphatic heterocycles. The first-order valence-electron chi connectivity index (χ1n) is 11.0. The average molecular weight is 486 g/mol. The van der Waals surface area contributed by atoms with Crippen LogP contribution in [-0.4, -0.2) is 34.2 Å². The lowest BCUT2D eigenvalue weighted by atomic mass is 10.2. The summed E-state index contributed by atoms with van der Waals surface area (Å²) in [5, 5.41) is 15.9. The molecule has 0 aromatic heterocycles. The van der Waals surface area contributed by atoms with Gasteiger partial charge in [-0.15, -0.1) is 0 Å². The lowest BCUT2D eigenvalue weighted by molar-refractivity contribution is -0.384. The van der Waals surface area contributed by atoms with E-state index < -0.39 is 29.3 Å². The van der Waals surface area contributed by atoms with Crippen molar-refractivity contribution in [1.29, 1.82) is 0 Å². The smallest absolute Gasteiger partial charge is 0.329 e. The number of aryl methyl sites for hydroxylation is 1. The molecular formula is C26H22N4O6. The van der Waals surface area contributed by atoms with Crippen molar-refractivity contribution in [3.05, 3.63) is 105 Å². The van der Waals surface area contributed by atoms with Crippen molar-refractivity contribution in [3.63, 3.8) is 0 Å². The fourth-order valence-corrected chi connectivity index (χ4v) is 3.49. The molecule has 3 aromatic carbocycles. The molecule has 1 heterocycles. The Hall–Kier alpha value is -4.99. The molecule has 1 saturated heterocycles. The molecule has 10 nitrogen and oxygen atoms in total. The molecular weight excluding hydrogens is 464 g/mol. The van der Waals surface area contributed by atoms with Crippen LogP contribution in [0.15, 0.2) is 78.5 Å². The van der Waals surface area contributed by atoms with E-state index >= 15 is 0 Å². The number of nitrogens with one attached hydrogen (secondary N) is 2. The average Bonchev–Trinajstić information content (AvgIpc) is 3.11. The second-order valence-electron chi connectivity index (χ2n) is 8.08. The van der Waals surface area contributed by atoms with Crippen LogP contribution in [0.4, 0.5) is 16.2 Å². The summed E-state index contributed by atoms with van der Waals surface area (Å²) in [4.78, 5) is 48.4. The number of nitrogens with zero attached hydrogens (tertiary/aromatic N) is 2. The van der Waals surface area contributed by atoms with E-state index in [4.69, 9.17) is 4.74 Å². The van der Waals surface area contributed by atoms with Crippen molar-refractivity contribution in [1.82, 2.24) is 10.2 Å². The summed E-state index contributed by atoms with van der Waals surface area (Å²) in [6, 6.07) is 19.4. The molecule has 0 atom stereocenters. The molecule has 1 aliphatic rings. The van der Waals surface area contributed by atoms with Crippen molar-refractivity contribution in [2.75, 3.05) is 11.9 Å². The number of carbonyl (C=O) groups excluding carboxylic acids is 3. The van der Waals surface area contributed by atoms with Gasteiger partial charge in [0.1, 0.15) is 24.6 Å². The Bertz CT molecular complexity index is 1350. The van der Waals surface area contributed by atoms with E-state index in [2.05, 4.69) is 10.6 Å². The number of nitro groups is 1. The molecule has 0 saturated carbocycles. The van der Waals surface area contributed by atoms with E-state index in [1.54, 1.807) is 54.6 Å². The van der Waals surface area contributed by atoms with Gasteiger partial charge in [0.15, 0.2) is 0 Å². The first-order chi connectivity index (χ1) is 17.3. The number of ether oxygens (including phenoxy) is 1. The highest BCUT2D eigenvalue weighted by Crippen LogP contribution is 2.19. The summed E-state index contributed by atoms with van der Waals surface area (Å²) in [7, 11) is 0. The number of rotatable bonds is 8. The molecule has 0 bridgehead atoms. The summed E-state index contributed by atoms with van der Waals surface area (Å²) in [6.07, 6.45) is 1.51. The predicted molar refractivity (Wildman–Crippen MR) is 132 cm³/mol. The number of anilines is 1. The van der Waals surface area contributed by atoms with Crippen molar-refractivity contribution >= 4 is 35.3 Å². The third-order valence-electron chi connectivity index (χ3n) is 5.31. The number of benzene rings is 3. The second kappa shape index (κ2) is 10.5. The van der Waals surface area contributed by atoms with E-state index in [-0.39, 0.29) is 18.0 Å². The fourth-order valence-electron chi connectivity index (χ4n) is 3.49. The van der Waals surface area contributed by atoms with Gasteiger partial charge in [0, 0.05) is 17.8 Å². The molecule has 4 rings (SSSR count). The van der Waals surface area contributed by atoms with Gasteiger partial charge in [-0.05, 0) is 66.1 Å². The van der Waals surface area contributed by atoms with Crippen LogP contribution in [0.1, 0.15) is 16.7 Å². The topological polar surface area (TPSA) is 131 Å². The lowest BCUT2D eigenvalue weighted by Gasteiger charge is -2.12. The van der Waals surface area contributed by atoms with Gasteiger partial charge >= 0.3 is 6.03 Å². The third-order valence-corrected chi connectivity index (χ3v) is 5.31. The Morgan fingerprint density at radius 2 is 1.81 bits per heavy atom. The minimum atomic E-state index is -0.673. The summed E-state index contributed by atoms with van der Waals surface area (Å²) in [5.41, 5.74) is 3.04. The SMILES string of the molecule is Cc1cccc(NC(=O)CN2C(=O)N/C(=C/c3ccc(OCc4ccc([N+](=O)[O-])cc4)cc3)C2=O)c1. The maximum atomic E-state index is 12.7. The van der Waals surface area contributed by atoms with Gasteiger partial charge in [0.2, 0.25) is 5.91 Å². The lowest BCUT2D eigenvalue weighted by Crippen LogP contribution is -2.38. The maximum absolute atomic E-state index is 12.7. The number of carbonyl (C=O) groups is 3. The molecule has 4 amide bonds. The number of hydrogen-bond donors (Lipinski definition) is 2. The zero-order chi connectivity index (χ0) is 25.7. The van der Waals surface area contributed by atoms with Crippen LogP contribution in [0.2, 0.25) is 0 Å². The number of imide groups is 1. The summed E-state index contributed by atoms with van der Waals surface area (Å²) >= 11 is 0. The molecule has 36 heavy (non-hydrogen) atoms. The van der Waals surface area contributed by atoms with E-state index in [9.17, 15) is 24.5 Å². The van der Waals surface area contributed by atoms with Gasteiger partial charge in [0.25, 0.3) is 11.6 Å². The van der Waals surface area contributed by atoms with Crippen molar-refractivity contribution < 1.29 is 24.0 Å².